The van der Waals surface area contributed by atoms with Crippen LogP contribution in [0, 0.1) is 0 Å². The van der Waals surface area contributed by atoms with Gasteiger partial charge in [-0.2, -0.15) is 0 Å². The van der Waals surface area contributed by atoms with Gasteiger partial charge in [0.2, 0.25) is 0 Å². The SMILES string of the molecule is C=CC.CCC.CCC1=CC=C(CC)CC1. The summed E-state index contributed by atoms with van der Waals surface area (Å²) in [6.07, 6.45) is 12.7. The summed E-state index contributed by atoms with van der Waals surface area (Å²) in [5.74, 6) is 0. The molecule has 0 atom stereocenters. The number of hydrogen-bond donors (Lipinski definition) is 0. The van der Waals surface area contributed by atoms with E-state index in [4.69, 9.17) is 0 Å². The van der Waals surface area contributed by atoms with Crippen LogP contribution in [0.2, 0.25) is 0 Å². The van der Waals surface area contributed by atoms with Crippen LogP contribution in [-0.4, -0.2) is 0 Å². The van der Waals surface area contributed by atoms with Crippen molar-refractivity contribution < 1.29 is 0 Å². The Labute approximate surface area is 103 Å². The van der Waals surface area contributed by atoms with Crippen molar-refractivity contribution in [3.63, 3.8) is 0 Å². The minimum absolute atomic E-state index is 1.23. The van der Waals surface area contributed by atoms with Gasteiger partial charge in [0.15, 0.2) is 0 Å². The first-order chi connectivity index (χ1) is 7.69. The molecule has 94 valence electrons. The van der Waals surface area contributed by atoms with E-state index < -0.39 is 0 Å². The molecule has 0 heterocycles. The monoisotopic (exact) mass is 222 g/mol. The van der Waals surface area contributed by atoms with Crippen molar-refractivity contribution in [1.82, 2.24) is 0 Å². The summed E-state index contributed by atoms with van der Waals surface area (Å²) in [7, 11) is 0. The minimum atomic E-state index is 1.23. The van der Waals surface area contributed by atoms with E-state index in [0.29, 0.717) is 0 Å². The maximum Gasteiger partial charge on any atom is -0.0280 e. The number of rotatable bonds is 2. The predicted octanol–water partition coefficient (Wildman–Crippen LogP) is 6.06. The Kier molecular flexibility index (Phi) is 15.7. The van der Waals surface area contributed by atoms with Crippen LogP contribution in [0.3, 0.4) is 0 Å². The molecular weight excluding hydrogens is 192 g/mol. The molecule has 1 aliphatic carbocycles. The zero-order valence-electron chi connectivity index (χ0n) is 12.0. The van der Waals surface area contributed by atoms with Crippen LogP contribution >= 0.6 is 0 Å². The van der Waals surface area contributed by atoms with Gasteiger partial charge in [-0.25, -0.2) is 0 Å². The van der Waals surface area contributed by atoms with Crippen molar-refractivity contribution in [2.75, 3.05) is 0 Å². The Morgan fingerprint density at radius 2 is 1.25 bits per heavy atom. The van der Waals surface area contributed by atoms with Gasteiger partial charge in [-0.05, 0) is 32.6 Å². The molecule has 0 unspecified atom stereocenters. The maximum absolute atomic E-state index is 3.36. The van der Waals surface area contributed by atoms with Gasteiger partial charge in [0.1, 0.15) is 0 Å². The van der Waals surface area contributed by atoms with E-state index in [1.54, 1.807) is 17.2 Å². The van der Waals surface area contributed by atoms with Crippen LogP contribution in [0.4, 0.5) is 0 Å². The molecule has 0 spiro atoms. The van der Waals surface area contributed by atoms with Crippen LogP contribution in [-0.2, 0) is 0 Å². The molecule has 0 bridgehead atoms. The molecule has 0 saturated carbocycles. The highest BCUT2D eigenvalue weighted by molar-refractivity contribution is 5.23. The fourth-order valence-electron chi connectivity index (χ4n) is 1.31. The third-order valence-electron chi connectivity index (χ3n) is 2.23. The van der Waals surface area contributed by atoms with E-state index in [9.17, 15) is 0 Å². The Balaban J connectivity index is 0. The molecule has 0 radical (unpaired) electrons. The quantitative estimate of drug-likeness (QED) is 0.498. The second-order valence-electron chi connectivity index (χ2n) is 3.97. The van der Waals surface area contributed by atoms with E-state index in [2.05, 4.69) is 46.4 Å². The van der Waals surface area contributed by atoms with E-state index in [-0.39, 0.29) is 0 Å². The second-order valence-corrected chi connectivity index (χ2v) is 3.97. The minimum Gasteiger partial charge on any atom is -0.103 e. The van der Waals surface area contributed by atoms with Crippen LogP contribution in [0.5, 0.6) is 0 Å². The van der Waals surface area contributed by atoms with Crippen molar-refractivity contribution in [2.45, 2.75) is 66.7 Å². The standard InChI is InChI=1S/C10H16.C3H8.C3H6/c1-3-9-5-7-10(4-2)8-6-9;2*1-3-2/h5,7H,3-4,6,8H2,1-2H3;3H2,1-2H3;3H,1H2,2H3. The van der Waals surface area contributed by atoms with Crippen molar-refractivity contribution in [3.8, 4) is 0 Å². The van der Waals surface area contributed by atoms with Crippen molar-refractivity contribution in [2.24, 2.45) is 0 Å². The lowest BCUT2D eigenvalue weighted by Gasteiger charge is -2.11. The summed E-state index contributed by atoms with van der Waals surface area (Å²) in [5, 5.41) is 0. The third kappa shape index (κ3) is 11.3. The molecule has 0 heteroatoms. The van der Waals surface area contributed by atoms with Crippen molar-refractivity contribution >= 4 is 0 Å². The predicted molar refractivity (Wildman–Crippen MR) is 77.8 cm³/mol. The zero-order chi connectivity index (χ0) is 12.8. The molecule has 0 saturated heterocycles. The van der Waals surface area contributed by atoms with Gasteiger partial charge in [-0.1, -0.05) is 63.5 Å². The first kappa shape index (κ1) is 17.6. The molecule has 16 heavy (non-hydrogen) atoms. The van der Waals surface area contributed by atoms with Crippen LogP contribution in [0.1, 0.15) is 66.7 Å². The molecule has 0 aromatic heterocycles. The summed E-state index contributed by atoms with van der Waals surface area (Å²) in [6, 6.07) is 0. The molecule has 0 fully saturated rings. The lowest BCUT2D eigenvalue weighted by atomic mass is 9.96. The van der Waals surface area contributed by atoms with Gasteiger partial charge < -0.3 is 0 Å². The Bertz CT molecular complexity index is 186. The van der Waals surface area contributed by atoms with Gasteiger partial charge in [0, 0.05) is 0 Å². The molecular formula is C16H30. The van der Waals surface area contributed by atoms with Crippen molar-refractivity contribution in [1.29, 1.82) is 0 Å². The Morgan fingerprint density at radius 1 is 1.00 bits per heavy atom. The van der Waals surface area contributed by atoms with Crippen LogP contribution in [0.15, 0.2) is 36.0 Å². The molecule has 0 amide bonds. The molecule has 1 rings (SSSR count). The molecule has 0 aliphatic heterocycles. The normalized spacial score (nSPS) is 13.3. The van der Waals surface area contributed by atoms with Gasteiger partial charge in [-0.3, -0.25) is 0 Å². The molecule has 0 N–H and O–H groups in total. The van der Waals surface area contributed by atoms with Gasteiger partial charge in [0.05, 0.1) is 0 Å². The summed E-state index contributed by atoms with van der Waals surface area (Å²) in [4.78, 5) is 0. The van der Waals surface area contributed by atoms with E-state index in [0.717, 1.165) is 0 Å². The molecule has 0 nitrogen and oxygen atoms in total. The van der Waals surface area contributed by atoms with E-state index in [1.807, 2.05) is 6.92 Å². The average Bonchev–Trinajstić information content (AvgIpc) is 2.31. The Hall–Kier alpha value is -0.780. The smallest absolute Gasteiger partial charge is 0.0280 e. The fourth-order valence-corrected chi connectivity index (χ4v) is 1.31. The van der Waals surface area contributed by atoms with Gasteiger partial charge in [-0.15, -0.1) is 6.58 Å². The van der Waals surface area contributed by atoms with Gasteiger partial charge in [0.25, 0.3) is 0 Å². The van der Waals surface area contributed by atoms with E-state index >= 15 is 0 Å². The number of allylic oxidation sites excluding steroid dienone is 5. The second kappa shape index (κ2) is 14.2. The zero-order valence-corrected chi connectivity index (χ0v) is 12.0. The molecule has 0 aromatic rings. The number of hydrogen-bond acceptors (Lipinski definition) is 0. The summed E-state index contributed by atoms with van der Waals surface area (Å²) < 4.78 is 0. The lowest BCUT2D eigenvalue weighted by molar-refractivity contribution is 0.824. The van der Waals surface area contributed by atoms with Crippen LogP contribution in [0.25, 0.3) is 0 Å². The summed E-state index contributed by atoms with van der Waals surface area (Å²) >= 11 is 0. The average molecular weight is 222 g/mol. The first-order valence-electron chi connectivity index (χ1n) is 6.64. The largest absolute Gasteiger partial charge is 0.103 e. The van der Waals surface area contributed by atoms with Crippen LogP contribution < -0.4 is 0 Å². The Morgan fingerprint density at radius 3 is 1.38 bits per heavy atom. The summed E-state index contributed by atoms with van der Waals surface area (Å²) in [5.41, 5.74) is 3.22. The first-order valence-corrected chi connectivity index (χ1v) is 6.64. The molecule has 0 aromatic carbocycles. The third-order valence-corrected chi connectivity index (χ3v) is 2.23. The van der Waals surface area contributed by atoms with Crippen molar-refractivity contribution in [3.05, 3.63) is 36.0 Å². The van der Waals surface area contributed by atoms with Gasteiger partial charge >= 0.3 is 0 Å². The highest BCUT2D eigenvalue weighted by atomic mass is 14.1. The summed E-state index contributed by atoms with van der Waals surface area (Å²) in [6.45, 7) is 14.0. The topological polar surface area (TPSA) is 0 Å². The fraction of sp³-hybridized carbons (Fsp3) is 0.625. The lowest BCUT2D eigenvalue weighted by Crippen LogP contribution is -1.91. The maximum atomic E-state index is 3.36. The highest BCUT2D eigenvalue weighted by Gasteiger charge is 2.01. The molecule has 1 aliphatic rings. The van der Waals surface area contributed by atoms with E-state index in [1.165, 1.54) is 32.1 Å². The highest BCUT2D eigenvalue weighted by Crippen LogP contribution is 2.21.